The molecular weight excluding hydrogens is 268 g/mol. The first-order valence-electron chi connectivity index (χ1n) is 7.94. The SMILES string of the molecule is N#C[C@H]1CC[C@@H](NC(=O)N2CCCC2C(=O)NC2CC2)C1. The Hall–Kier alpha value is -1.77. The first-order valence-corrected chi connectivity index (χ1v) is 7.94. The molecule has 2 N–H and O–H groups in total. The largest absolute Gasteiger partial charge is 0.352 e. The molecule has 21 heavy (non-hydrogen) atoms. The monoisotopic (exact) mass is 290 g/mol. The number of carbonyl (C=O) groups is 2. The van der Waals surface area contributed by atoms with Crippen LogP contribution in [0, 0.1) is 17.2 Å². The Balaban J connectivity index is 1.53. The van der Waals surface area contributed by atoms with Gasteiger partial charge in [-0.05, 0) is 44.9 Å². The third-order valence-electron chi connectivity index (χ3n) is 4.68. The van der Waals surface area contributed by atoms with E-state index in [1.165, 1.54) is 0 Å². The molecule has 0 aromatic carbocycles. The van der Waals surface area contributed by atoms with Gasteiger partial charge in [0.25, 0.3) is 0 Å². The summed E-state index contributed by atoms with van der Waals surface area (Å²) in [5.74, 6) is 0.0503. The van der Waals surface area contributed by atoms with Crippen molar-refractivity contribution in [2.75, 3.05) is 6.54 Å². The van der Waals surface area contributed by atoms with Crippen LogP contribution in [0.15, 0.2) is 0 Å². The topological polar surface area (TPSA) is 85.2 Å². The summed E-state index contributed by atoms with van der Waals surface area (Å²) >= 11 is 0. The molecule has 114 valence electrons. The molecule has 1 heterocycles. The Labute approximate surface area is 124 Å². The summed E-state index contributed by atoms with van der Waals surface area (Å²) in [4.78, 5) is 26.2. The van der Waals surface area contributed by atoms with Crippen LogP contribution in [0.2, 0.25) is 0 Å². The van der Waals surface area contributed by atoms with Crippen LogP contribution in [0.4, 0.5) is 4.79 Å². The van der Waals surface area contributed by atoms with Crippen molar-refractivity contribution in [3.8, 4) is 6.07 Å². The van der Waals surface area contributed by atoms with Crippen molar-refractivity contribution in [1.29, 1.82) is 5.26 Å². The second kappa shape index (κ2) is 5.92. The van der Waals surface area contributed by atoms with Gasteiger partial charge in [-0.25, -0.2) is 4.79 Å². The van der Waals surface area contributed by atoms with Crippen LogP contribution in [0.1, 0.15) is 44.9 Å². The van der Waals surface area contributed by atoms with E-state index in [1.807, 2.05) is 0 Å². The van der Waals surface area contributed by atoms with Crippen LogP contribution in [0.25, 0.3) is 0 Å². The van der Waals surface area contributed by atoms with Crippen LogP contribution in [-0.2, 0) is 4.79 Å². The maximum atomic E-state index is 12.4. The van der Waals surface area contributed by atoms with E-state index in [-0.39, 0.29) is 29.9 Å². The number of urea groups is 1. The van der Waals surface area contributed by atoms with E-state index >= 15 is 0 Å². The van der Waals surface area contributed by atoms with Gasteiger partial charge in [0.15, 0.2) is 0 Å². The van der Waals surface area contributed by atoms with Gasteiger partial charge in [-0.15, -0.1) is 0 Å². The lowest BCUT2D eigenvalue weighted by Gasteiger charge is -2.26. The molecule has 3 fully saturated rings. The van der Waals surface area contributed by atoms with Crippen molar-refractivity contribution in [3.05, 3.63) is 0 Å². The molecule has 6 heteroatoms. The Morgan fingerprint density at radius 1 is 1.05 bits per heavy atom. The van der Waals surface area contributed by atoms with Gasteiger partial charge in [0.1, 0.15) is 6.04 Å². The summed E-state index contributed by atoms with van der Waals surface area (Å²) in [6.45, 7) is 0.642. The average molecular weight is 290 g/mol. The van der Waals surface area contributed by atoms with E-state index in [4.69, 9.17) is 5.26 Å². The second-order valence-electron chi connectivity index (χ2n) is 6.42. The highest BCUT2D eigenvalue weighted by Crippen LogP contribution is 2.26. The fourth-order valence-electron chi connectivity index (χ4n) is 3.29. The van der Waals surface area contributed by atoms with Crippen LogP contribution in [0.3, 0.4) is 0 Å². The summed E-state index contributed by atoms with van der Waals surface area (Å²) in [5.41, 5.74) is 0. The molecule has 0 radical (unpaired) electrons. The Kier molecular flexibility index (Phi) is 4.00. The van der Waals surface area contributed by atoms with Crippen LogP contribution < -0.4 is 10.6 Å². The van der Waals surface area contributed by atoms with Gasteiger partial charge in [-0.2, -0.15) is 5.26 Å². The summed E-state index contributed by atoms with van der Waals surface area (Å²) in [6, 6.07) is 2.20. The number of amides is 3. The molecule has 0 aromatic rings. The zero-order valence-corrected chi connectivity index (χ0v) is 12.2. The molecular formula is C15H22N4O2. The molecule has 3 atom stereocenters. The summed E-state index contributed by atoms with van der Waals surface area (Å²) in [5, 5.41) is 14.9. The molecule has 1 aliphatic heterocycles. The predicted octanol–water partition coefficient (Wildman–Crippen LogP) is 1.13. The van der Waals surface area contributed by atoms with Crippen molar-refractivity contribution in [2.45, 2.75) is 63.1 Å². The Morgan fingerprint density at radius 3 is 2.48 bits per heavy atom. The minimum atomic E-state index is -0.321. The number of likely N-dealkylation sites (tertiary alicyclic amines) is 1. The minimum Gasteiger partial charge on any atom is -0.352 e. The lowest BCUT2D eigenvalue weighted by Crippen LogP contribution is -2.51. The van der Waals surface area contributed by atoms with Gasteiger partial charge in [-0.1, -0.05) is 0 Å². The third-order valence-corrected chi connectivity index (χ3v) is 4.68. The smallest absolute Gasteiger partial charge is 0.318 e. The molecule has 0 spiro atoms. The average Bonchev–Trinajstić information content (AvgIpc) is 2.99. The van der Waals surface area contributed by atoms with Gasteiger partial charge in [0.05, 0.1) is 6.07 Å². The first-order chi connectivity index (χ1) is 10.2. The van der Waals surface area contributed by atoms with E-state index in [2.05, 4.69) is 16.7 Å². The van der Waals surface area contributed by atoms with Crippen molar-refractivity contribution < 1.29 is 9.59 Å². The molecule has 1 saturated heterocycles. The van der Waals surface area contributed by atoms with Crippen molar-refractivity contribution in [2.24, 2.45) is 5.92 Å². The molecule has 2 aliphatic carbocycles. The summed E-state index contributed by atoms with van der Waals surface area (Å²) in [7, 11) is 0. The number of hydrogen-bond acceptors (Lipinski definition) is 3. The number of hydrogen-bond donors (Lipinski definition) is 2. The Bertz CT molecular complexity index is 469. The van der Waals surface area contributed by atoms with Gasteiger partial charge < -0.3 is 15.5 Å². The lowest BCUT2D eigenvalue weighted by molar-refractivity contribution is -0.124. The van der Waals surface area contributed by atoms with Gasteiger partial charge in [0, 0.05) is 24.5 Å². The number of nitrogens with one attached hydrogen (secondary N) is 2. The van der Waals surface area contributed by atoms with Crippen molar-refractivity contribution in [3.63, 3.8) is 0 Å². The highest BCUT2D eigenvalue weighted by Gasteiger charge is 2.37. The highest BCUT2D eigenvalue weighted by atomic mass is 16.2. The molecule has 6 nitrogen and oxygen atoms in total. The zero-order chi connectivity index (χ0) is 14.8. The van der Waals surface area contributed by atoms with E-state index in [0.717, 1.165) is 44.9 Å². The first kappa shape index (κ1) is 14.2. The molecule has 2 saturated carbocycles. The van der Waals surface area contributed by atoms with E-state index in [0.29, 0.717) is 12.6 Å². The van der Waals surface area contributed by atoms with Crippen LogP contribution in [-0.4, -0.2) is 41.5 Å². The predicted molar refractivity (Wildman–Crippen MR) is 76.2 cm³/mol. The molecule has 3 aliphatic rings. The molecule has 0 bridgehead atoms. The number of nitrogens with zero attached hydrogens (tertiary/aromatic N) is 2. The standard InChI is InChI=1S/C15H22N4O2/c16-9-10-3-4-12(8-10)18-15(21)19-7-1-2-13(19)14(20)17-11-5-6-11/h10-13H,1-8H2,(H,17,20)(H,18,21)/t10-,12+,13?/m0/s1. The second-order valence-corrected chi connectivity index (χ2v) is 6.42. The van der Waals surface area contributed by atoms with Crippen LogP contribution >= 0.6 is 0 Å². The summed E-state index contributed by atoms with van der Waals surface area (Å²) in [6.07, 6.45) is 6.18. The third kappa shape index (κ3) is 3.29. The number of nitriles is 1. The number of carbonyl (C=O) groups excluding carboxylic acids is 2. The van der Waals surface area contributed by atoms with E-state index < -0.39 is 0 Å². The maximum Gasteiger partial charge on any atom is 0.318 e. The zero-order valence-electron chi connectivity index (χ0n) is 12.2. The van der Waals surface area contributed by atoms with Gasteiger partial charge in [0.2, 0.25) is 5.91 Å². The molecule has 0 aromatic heterocycles. The van der Waals surface area contributed by atoms with Crippen LogP contribution in [0.5, 0.6) is 0 Å². The van der Waals surface area contributed by atoms with Gasteiger partial charge >= 0.3 is 6.03 Å². The van der Waals surface area contributed by atoms with Gasteiger partial charge in [-0.3, -0.25) is 4.79 Å². The highest BCUT2D eigenvalue weighted by molar-refractivity contribution is 5.88. The van der Waals surface area contributed by atoms with E-state index in [9.17, 15) is 9.59 Å². The van der Waals surface area contributed by atoms with E-state index in [1.54, 1.807) is 4.90 Å². The molecule has 3 amide bonds. The maximum absolute atomic E-state index is 12.4. The fourth-order valence-corrected chi connectivity index (χ4v) is 3.29. The molecule has 3 rings (SSSR count). The Morgan fingerprint density at radius 2 is 1.81 bits per heavy atom. The molecule has 1 unspecified atom stereocenters. The normalized spacial score (nSPS) is 31.8. The van der Waals surface area contributed by atoms with Crippen molar-refractivity contribution in [1.82, 2.24) is 15.5 Å². The quantitative estimate of drug-likeness (QED) is 0.817. The minimum absolute atomic E-state index is 0.00790. The summed E-state index contributed by atoms with van der Waals surface area (Å²) < 4.78 is 0. The lowest BCUT2D eigenvalue weighted by atomic mass is 10.1. The fraction of sp³-hybridized carbons (Fsp3) is 0.800. The number of rotatable bonds is 3. The van der Waals surface area contributed by atoms with Crippen molar-refractivity contribution >= 4 is 11.9 Å².